The molecular formula is C10H8N2O5. The smallest absolute Gasteiger partial charge is 0.343 e. The molecule has 1 aromatic carbocycles. The van der Waals surface area contributed by atoms with Crippen molar-refractivity contribution in [2.75, 3.05) is 6.61 Å². The molecule has 0 aliphatic rings. The second-order valence-electron chi connectivity index (χ2n) is 2.98. The van der Waals surface area contributed by atoms with Crippen molar-refractivity contribution >= 4 is 11.7 Å². The van der Waals surface area contributed by atoms with Gasteiger partial charge in [-0.25, -0.2) is 4.79 Å². The van der Waals surface area contributed by atoms with Gasteiger partial charge in [-0.2, -0.15) is 5.26 Å². The van der Waals surface area contributed by atoms with Gasteiger partial charge >= 0.3 is 5.97 Å². The summed E-state index contributed by atoms with van der Waals surface area (Å²) < 4.78 is 4.63. The van der Waals surface area contributed by atoms with Crippen LogP contribution in [0.4, 0.5) is 5.69 Å². The first-order valence-electron chi connectivity index (χ1n) is 4.59. The summed E-state index contributed by atoms with van der Waals surface area (Å²) in [5.74, 6) is -1.54. The van der Waals surface area contributed by atoms with E-state index in [1.165, 1.54) is 0 Å². The average Bonchev–Trinajstić information content (AvgIpc) is 2.27. The summed E-state index contributed by atoms with van der Waals surface area (Å²) in [6, 6.07) is 3.31. The number of phenolic OH excluding ortho intramolecular Hbond substituents is 1. The lowest BCUT2D eigenvalue weighted by molar-refractivity contribution is -0.385. The van der Waals surface area contributed by atoms with Crippen LogP contribution in [-0.2, 0) is 4.74 Å². The fourth-order valence-corrected chi connectivity index (χ4v) is 1.22. The van der Waals surface area contributed by atoms with Crippen molar-refractivity contribution in [3.8, 4) is 11.8 Å². The Labute approximate surface area is 96.0 Å². The van der Waals surface area contributed by atoms with Gasteiger partial charge in [0.1, 0.15) is 17.4 Å². The minimum Gasteiger partial charge on any atom is -0.507 e. The number of benzene rings is 1. The highest BCUT2D eigenvalue weighted by Gasteiger charge is 2.22. The van der Waals surface area contributed by atoms with E-state index < -0.39 is 22.3 Å². The predicted molar refractivity (Wildman–Crippen MR) is 55.4 cm³/mol. The number of nitrogens with zero attached hydrogens (tertiary/aromatic N) is 2. The van der Waals surface area contributed by atoms with E-state index in [0.717, 1.165) is 12.1 Å². The first-order chi connectivity index (χ1) is 8.01. The zero-order chi connectivity index (χ0) is 13.0. The van der Waals surface area contributed by atoms with E-state index in [2.05, 4.69) is 4.74 Å². The summed E-state index contributed by atoms with van der Waals surface area (Å²) in [5, 5.41) is 28.8. The van der Waals surface area contributed by atoms with Gasteiger partial charge in [-0.1, -0.05) is 0 Å². The molecule has 17 heavy (non-hydrogen) atoms. The highest BCUT2D eigenvalue weighted by molar-refractivity contribution is 5.95. The topological polar surface area (TPSA) is 113 Å². The second kappa shape index (κ2) is 4.94. The van der Waals surface area contributed by atoms with Crippen molar-refractivity contribution in [3.05, 3.63) is 33.4 Å². The summed E-state index contributed by atoms with van der Waals surface area (Å²) in [6.45, 7) is 1.63. The zero-order valence-electron chi connectivity index (χ0n) is 8.84. The summed E-state index contributed by atoms with van der Waals surface area (Å²) in [6.07, 6.45) is 0. The number of esters is 1. The lowest BCUT2D eigenvalue weighted by atomic mass is 10.1. The van der Waals surface area contributed by atoms with Crippen molar-refractivity contribution in [1.82, 2.24) is 0 Å². The summed E-state index contributed by atoms with van der Waals surface area (Å²) >= 11 is 0. The van der Waals surface area contributed by atoms with Gasteiger partial charge in [0.15, 0.2) is 0 Å². The molecule has 0 spiro atoms. The van der Waals surface area contributed by atoms with Gasteiger partial charge in [0.25, 0.3) is 5.69 Å². The highest BCUT2D eigenvalue weighted by atomic mass is 16.6. The molecule has 7 nitrogen and oxygen atoms in total. The highest BCUT2D eigenvalue weighted by Crippen LogP contribution is 2.28. The molecule has 88 valence electrons. The number of nitro groups is 1. The molecule has 0 radical (unpaired) electrons. The molecule has 0 aliphatic carbocycles. The summed E-state index contributed by atoms with van der Waals surface area (Å²) in [4.78, 5) is 21.2. The van der Waals surface area contributed by atoms with E-state index in [1.807, 2.05) is 0 Å². The first-order valence-corrected chi connectivity index (χ1v) is 4.59. The van der Waals surface area contributed by atoms with Crippen molar-refractivity contribution in [2.45, 2.75) is 6.92 Å². The van der Waals surface area contributed by atoms with Crippen molar-refractivity contribution < 1.29 is 19.6 Å². The first kappa shape index (κ1) is 12.4. The number of nitriles is 1. The number of rotatable bonds is 3. The standard InChI is InChI=1S/C10H8N2O5/c1-2-17-10(14)9-6(5-11)3-7(12(15)16)4-8(9)13/h3-4,13H,2H2,1H3. The van der Waals surface area contributed by atoms with Crippen molar-refractivity contribution in [2.24, 2.45) is 0 Å². The quantitative estimate of drug-likeness (QED) is 0.481. The number of nitro benzene ring substituents is 1. The minimum absolute atomic E-state index is 0.0696. The maximum Gasteiger partial charge on any atom is 0.343 e. The third-order valence-corrected chi connectivity index (χ3v) is 1.91. The van der Waals surface area contributed by atoms with Gasteiger partial charge in [0.05, 0.1) is 23.2 Å². The molecule has 0 unspecified atom stereocenters. The Morgan fingerprint density at radius 2 is 2.29 bits per heavy atom. The Morgan fingerprint density at radius 1 is 1.65 bits per heavy atom. The van der Waals surface area contributed by atoms with Crippen molar-refractivity contribution in [1.29, 1.82) is 5.26 Å². The lowest BCUT2D eigenvalue weighted by Gasteiger charge is -2.05. The van der Waals surface area contributed by atoms with Crippen molar-refractivity contribution in [3.63, 3.8) is 0 Å². The Hall–Kier alpha value is -2.62. The Balaban J connectivity index is 3.37. The molecular weight excluding hydrogens is 228 g/mol. The van der Waals surface area contributed by atoms with E-state index in [4.69, 9.17) is 5.26 Å². The maximum absolute atomic E-state index is 11.4. The Kier molecular flexibility index (Phi) is 3.62. The van der Waals surface area contributed by atoms with Crippen LogP contribution >= 0.6 is 0 Å². The largest absolute Gasteiger partial charge is 0.507 e. The molecule has 1 aromatic rings. The lowest BCUT2D eigenvalue weighted by Crippen LogP contribution is -2.08. The van der Waals surface area contributed by atoms with E-state index >= 15 is 0 Å². The summed E-state index contributed by atoms with van der Waals surface area (Å²) in [5.41, 5.74) is -1.12. The third kappa shape index (κ3) is 2.49. The number of non-ortho nitro benzene ring substituents is 1. The van der Waals surface area contributed by atoms with Crippen LogP contribution in [0.3, 0.4) is 0 Å². The maximum atomic E-state index is 11.4. The number of phenols is 1. The molecule has 1 rings (SSSR count). The number of carbonyl (C=O) groups is 1. The number of ether oxygens (including phenoxy) is 1. The van der Waals surface area contributed by atoms with E-state index in [0.29, 0.717) is 0 Å². The van der Waals surface area contributed by atoms with Gasteiger partial charge in [-0.15, -0.1) is 0 Å². The molecule has 1 N–H and O–H groups in total. The molecule has 0 amide bonds. The van der Waals surface area contributed by atoms with Crippen LogP contribution in [0.5, 0.6) is 5.75 Å². The molecule has 0 atom stereocenters. The second-order valence-corrected chi connectivity index (χ2v) is 2.98. The monoisotopic (exact) mass is 236 g/mol. The Morgan fingerprint density at radius 3 is 2.76 bits per heavy atom. The SMILES string of the molecule is CCOC(=O)c1c(O)cc([N+](=O)[O-])cc1C#N. The molecule has 0 heterocycles. The van der Waals surface area contributed by atoms with Gasteiger partial charge in [-0.05, 0) is 6.92 Å². The minimum atomic E-state index is -0.892. The molecule has 7 heteroatoms. The van der Waals surface area contributed by atoms with Gasteiger partial charge in [0.2, 0.25) is 0 Å². The normalized spacial score (nSPS) is 9.41. The molecule has 0 aromatic heterocycles. The Bertz CT molecular complexity index is 518. The third-order valence-electron chi connectivity index (χ3n) is 1.91. The number of aromatic hydroxyl groups is 1. The van der Waals surface area contributed by atoms with Crippen LogP contribution in [0.25, 0.3) is 0 Å². The van der Waals surface area contributed by atoms with Gasteiger partial charge in [0, 0.05) is 6.07 Å². The molecule has 0 saturated carbocycles. The van der Waals surface area contributed by atoms with Crippen LogP contribution in [0, 0.1) is 21.4 Å². The van der Waals surface area contributed by atoms with Gasteiger partial charge < -0.3 is 9.84 Å². The molecule has 0 fully saturated rings. The van der Waals surface area contributed by atoms with Gasteiger partial charge in [-0.3, -0.25) is 10.1 Å². The number of hydrogen-bond donors (Lipinski definition) is 1. The fourth-order valence-electron chi connectivity index (χ4n) is 1.22. The van der Waals surface area contributed by atoms with Crippen LogP contribution < -0.4 is 0 Å². The number of carbonyl (C=O) groups excluding carboxylic acids is 1. The van der Waals surface area contributed by atoms with Crippen LogP contribution in [0.1, 0.15) is 22.8 Å². The van der Waals surface area contributed by atoms with E-state index in [-0.39, 0.29) is 17.7 Å². The molecule has 0 bridgehead atoms. The molecule has 0 aliphatic heterocycles. The predicted octanol–water partition coefficient (Wildman–Crippen LogP) is 1.35. The fraction of sp³-hybridized carbons (Fsp3) is 0.200. The van der Waals surface area contributed by atoms with Crippen LogP contribution in [-0.4, -0.2) is 22.6 Å². The molecule has 0 saturated heterocycles. The zero-order valence-corrected chi connectivity index (χ0v) is 8.84. The number of hydrogen-bond acceptors (Lipinski definition) is 6. The van der Waals surface area contributed by atoms with E-state index in [1.54, 1.807) is 13.0 Å². The van der Waals surface area contributed by atoms with E-state index in [9.17, 15) is 20.0 Å². The summed E-state index contributed by atoms with van der Waals surface area (Å²) in [7, 11) is 0. The van der Waals surface area contributed by atoms with Crippen LogP contribution in [0.15, 0.2) is 12.1 Å². The average molecular weight is 236 g/mol. The van der Waals surface area contributed by atoms with Crippen LogP contribution in [0.2, 0.25) is 0 Å².